The van der Waals surface area contributed by atoms with Crippen molar-refractivity contribution in [3.05, 3.63) is 90.1 Å². The van der Waals surface area contributed by atoms with Crippen LogP contribution in [0.15, 0.2) is 73.4 Å². The number of nitrogen functional groups attached to an aromatic ring is 1. The zero-order valence-electron chi connectivity index (χ0n) is 20.7. The summed E-state index contributed by atoms with van der Waals surface area (Å²) in [6.07, 6.45) is 1.71. The van der Waals surface area contributed by atoms with Crippen LogP contribution in [0, 0.1) is 6.92 Å². The SMILES string of the molecule is COc1c(-c2cc(C(=O)Nc3cccc(C(F)(F)F)c3)ccc2C)cc2cnc(N)nc2c1-c1cncnc1. The Bertz CT molecular complexity index is 1710. The third-order valence-corrected chi connectivity index (χ3v) is 6.14. The minimum absolute atomic E-state index is 0.0290. The molecule has 0 aliphatic carbocycles. The molecule has 0 radical (unpaired) electrons. The molecular weight excluding hydrogens is 509 g/mol. The van der Waals surface area contributed by atoms with Crippen molar-refractivity contribution in [3.8, 4) is 28.0 Å². The lowest BCUT2D eigenvalue weighted by molar-refractivity contribution is -0.137. The summed E-state index contributed by atoms with van der Waals surface area (Å²) in [6, 6.07) is 11.3. The van der Waals surface area contributed by atoms with Crippen LogP contribution in [0.5, 0.6) is 5.75 Å². The maximum atomic E-state index is 13.1. The van der Waals surface area contributed by atoms with E-state index in [4.69, 9.17) is 10.5 Å². The molecule has 2 heterocycles. The lowest BCUT2D eigenvalue weighted by Gasteiger charge is -2.18. The summed E-state index contributed by atoms with van der Waals surface area (Å²) in [6.45, 7) is 1.87. The molecule has 5 rings (SSSR count). The Morgan fingerprint density at radius 3 is 2.49 bits per heavy atom. The molecule has 39 heavy (non-hydrogen) atoms. The molecule has 0 atom stereocenters. The predicted octanol–water partition coefficient (Wildman–Crippen LogP) is 5.92. The Labute approximate surface area is 220 Å². The number of benzene rings is 3. The quantitative estimate of drug-likeness (QED) is 0.290. The van der Waals surface area contributed by atoms with E-state index in [0.717, 1.165) is 17.7 Å². The first-order valence-corrected chi connectivity index (χ1v) is 11.6. The van der Waals surface area contributed by atoms with Crippen LogP contribution in [0.25, 0.3) is 33.2 Å². The number of hydrogen-bond acceptors (Lipinski definition) is 7. The molecule has 0 saturated carbocycles. The minimum Gasteiger partial charge on any atom is -0.495 e. The molecule has 3 N–H and O–H groups in total. The molecule has 3 aromatic carbocycles. The van der Waals surface area contributed by atoms with Gasteiger partial charge in [0.2, 0.25) is 5.95 Å². The van der Waals surface area contributed by atoms with Gasteiger partial charge >= 0.3 is 6.18 Å². The van der Waals surface area contributed by atoms with Gasteiger partial charge in [0.15, 0.2) is 0 Å². The summed E-state index contributed by atoms with van der Waals surface area (Å²) in [7, 11) is 1.52. The number of fused-ring (bicyclic) bond motifs is 1. The number of alkyl halides is 3. The number of halogens is 3. The Balaban J connectivity index is 1.63. The average molecular weight is 531 g/mol. The number of amides is 1. The fourth-order valence-electron chi connectivity index (χ4n) is 4.31. The van der Waals surface area contributed by atoms with Crippen molar-refractivity contribution in [3.63, 3.8) is 0 Å². The van der Waals surface area contributed by atoms with Crippen LogP contribution in [0.3, 0.4) is 0 Å². The summed E-state index contributed by atoms with van der Waals surface area (Å²) >= 11 is 0. The van der Waals surface area contributed by atoms with E-state index in [1.165, 1.54) is 25.6 Å². The summed E-state index contributed by atoms with van der Waals surface area (Å²) in [5, 5.41) is 3.21. The van der Waals surface area contributed by atoms with E-state index in [2.05, 4.69) is 25.3 Å². The van der Waals surface area contributed by atoms with Crippen molar-refractivity contribution >= 4 is 28.4 Å². The highest BCUT2D eigenvalue weighted by Gasteiger charge is 2.30. The molecule has 0 spiro atoms. The van der Waals surface area contributed by atoms with Gasteiger partial charge in [0.25, 0.3) is 5.91 Å². The summed E-state index contributed by atoms with van der Waals surface area (Å²) in [4.78, 5) is 29.9. The number of rotatable bonds is 5. The molecule has 196 valence electrons. The zero-order chi connectivity index (χ0) is 27.7. The van der Waals surface area contributed by atoms with E-state index in [-0.39, 0.29) is 17.2 Å². The smallest absolute Gasteiger partial charge is 0.416 e. The van der Waals surface area contributed by atoms with Gasteiger partial charge in [0, 0.05) is 46.4 Å². The molecule has 1 amide bonds. The first-order chi connectivity index (χ1) is 18.7. The van der Waals surface area contributed by atoms with E-state index in [1.807, 2.05) is 13.0 Å². The Morgan fingerprint density at radius 2 is 1.77 bits per heavy atom. The molecule has 0 bridgehead atoms. The Kier molecular flexibility index (Phi) is 6.57. The fourth-order valence-corrected chi connectivity index (χ4v) is 4.31. The molecule has 5 aromatic rings. The highest BCUT2D eigenvalue weighted by molar-refractivity contribution is 6.06. The molecule has 11 heteroatoms. The van der Waals surface area contributed by atoms with Crippen molar-refractivity contribution in [2.75, 3.05) is 18.2 Å². The first-order valence-electron chi connectivity index (χ1n) is 11.6. The van der Waals surface area contributed by atoms with Crippen LogP contribution in [0.2, 0.25) is 0 Å². The third-order valence-electron chi connectivity index (χ3n) is 6.14. The van der Waals surface area contributed by atoms with E-state index in [0.29, 0.717) is 38.9 Å². The van der Waals surface area contributed by atoms with Gasteiger partial charge in [-0.2, -0.15) is 13.2 Å². The number of ether oxygens (including phenoxy) is 1. The molecule has 0 aliphatic heterocycles. The summed E-state index contributed by atoms with van der Waals surface area (Å²) in [5.41, 5.74) is 9.21. The van der Waals surface area contributed by atoms with Crippen molar-refractivity contribution in [2.24, 2.45) is 0 Å². The van der Waals surface area contributed by atoms with Crippen molar-refractivity contribution < 1.29 is 22.7 Å². The highest BCUT2D eigenvalue weighted by Crippen LogP contribution is 2.44. The minimum atomic E-state index is -4.53. The van der Waals surface area contributed by atoms with Gasteiger partial charge in [0.1, 0.15) is 12.1 Å². The third kappa shape index (κ3) is 5.06. The number of aryl methyl sites for hydroxylation is 1. The van der Waals surface area contributed by atoms with Crippen molar-refractivity contribution in [2.45, 2.75) is 13.1 Å². The Hall–Kier alpha value is -5.06. The van der Waals surface area contributed by atoms with Gasteiger partial charge in [-0.25, -0.2) is 19.9 Å². The molecule has 0 aliphatic rings. The second kappa shape index (κ2) is 10.0. The number of hydrogen-bond donors (Lipinski definition) is 2. The number of aromatic nitrogens is 4. The standard InChI is InChI=1S/C28H21F3N6O2/c1-15-6-7-16(26(38)36-20-5-3-4-19(10-20)28(29,30)31)8-21(15)22-9-17-13-35-27(32)37-24(17)23(25(22)39-2)18-11-33-14-34-12-18/h3-14H,1-2H3,(H,36,38)(H2,32,35,37). The van der Waals surface area contributed by atoms with Crippen LogP contribution < -0.4 is 15.8 Å². The molecule has 0 unspecified atom stereocenters. The zero-order valence-corrected chi connectivity index (χ0v) is 20.7. The summed E-state index contributed by atoms with van der Waals surface area (Å²) < 4.78 is 45.2. The van der Waals surface area contributed by atoms with Crippen LogP contribution in [0.4, 0.5) is 24.8 Å². The molecular formula is C28H21F3N6O2. The van der Waals surface area contributed by atoms with Gasteiger partial charge in [-0.15, -0.1) is 0 Å². The topological polar surface area (TPSA) is 116 Å². The lowest BCUT2D eigenvalue weighted by Crippen LogP contribution is -2.13. The molecule has 0 fully saturated rings. The van der Waals surface area contributed by atoms with Gasteiger partial charge < -0.3 is 15.8 Å². The maximum Gasteiger partial charge on any atom is 0.416 e. The number of nitrogens with one attached hydrogen (secondary N) is 1. The van der Waals surface area contributed by atoms with E-state index >= 15 is 0 Å². The number of nitrogens with two attached hydrogens (primary N) is 1. The van der Waals surface area contributed by atoms with Crippen molar-refractivity contribution in [1.29, 1.82) is 0 Å². The van der Waals surface area contributed by atoms with Crippen LogP contribution >= 0.6 is 0 Å². The molecule has 2 aromatic heterocycles. The second-order valence-electron chi connectivity index (χ2n) is 8.69. The Morgan fingerprint density at radius 1 is 1.00 bits per heavy atom. The van der Waals surface area contributed by atoms with Crippen molar-refractivity contribution in [1.82, 2.24) is 19.9 Å². The summed E-state index contributed by atoms with van der Waals surface area (Å²) in [5.74, 6) is -0.0306. The number of carbonyl (C=O) groups excluding carboxylic acids is 1. The number of nitrogens with zero attached hydrogens (tertiary/aromatic N) is 4. The van der Waals surface area contributed by atoms with Crippen LogP contribution in [-0.2, 0) is 6.18 Å². The second-order valence-corrected chi connectivity index (χ2v) is 8.69. The fraction of sp³-hybridized carbons (Fsp3) is 0.107. The maximum absolute atomic E-state index is 13.1. The number of methoxy groups -OCH3 is 1. The molecule has 0 saturated heterocycles. The van der Waals surface area contributed by atoms with Gasteiger partial charge in [-0.1, -0.05) is 12.1 Å². The van der Waals surface area contributed by atoms with Gasteiger partial charge in [0.05, 0.1) is 23.8 Å². The van der Waals surface area contributed by atoms with Gasteiger partial charge in [-0.3, -0.25) is 4.79 Å². The van der Waals surface area contributed by atoms with E-state index in [1.54, 1.807) is 36.8 Å². The monoisotopic (exact) mass is 530 g/mol. The van der Waals surface area contributed by atoms with Crippen LogP contribution in [-0.4, -0.2) is 33.0 Å². The normalized spacial score (nSPS) is 11.4. The first kappa shape index (κ1) is 25.6. The van der Waals surface area contributed by atoms with E-state index < -0.39 is 17.6 Å². The van der Waals surface area contributed by atoms with E-state index in [9.17, 15) is 18.0 Å². The lowest BCUT2D eigenvalue weighted by atomic mass is 9.92. The highest BCUT2D eigenvalue weighted by atomic mass is 19.4. The molecule has 8 nitrogen and oxygen atoms in total. The van der Waals surface area contributed by atoms with Crippen LogP contribution in [0.1, 0.15) is 21.5 Å². The number of carbonyl (C=O) groups is 1. The predicted molar refractivity (Wildman–Crippen MR) is 141 cm³/mol. The number of anilines is 2. The average Bonchev–Trinajstić information content (AvgIpc) is 2.92. The largest absolute Gasteiger partial charge is 0.495 e. The van der Waals surface area contributed by atoms with Gasteiger partial charge in [-0.05, 0) is 54.4 Å².